The van der Waals surface area contributed by atoms with Crippen LogP contribution in [-0.2, 0) is 0 Å². The molecule has 1 aromatic heterocycles. The maximum absolute atomic E-state index is 13.1. The van der Waals surface area contributed by atoms with Crippen molar-refractivity contribution in [1.82, 2.24) is 20.4 Å². The van der Waals surface area contributed by atoms with Gasteiger partial charge in [-0.05, 0) is 56.6 Å². The Balaban J connectivity index is 1.80. The first-order chi connectivity index (χ1) is 14.4. The van der Waals surface area contributed by atoms with Crippen LogP contribution >= 0.6 is 34.8 Å². The highest BCUT2D eigenvalue weighted by Crippen LogP contribution is 2.33. The Kier molecular flexibility index (Phi) is 6.34. The molecule has 8 heteroatoms. The minimum atomic E-state index is -0.194. The Morgan fingerprint density at radius 1 is 1.13 bits per heavy atom. The van der Waals surface area contributed by atoms with Gasteiger partial charge in [0.05, 0.1) is 16.4 Å². The van der Waals surface area contributed by atoms with Crippen LogP contribution in [0.25, 0.3) is 16.9 Å². The average Bonchev–Trinajstić information content (AvgIpc) is 3.06. The summed E-state index contributed by atoms with van der Waals surface area (Å²) >= 11 is 18.6. The van der Waals surface area contributed by atoms with Gasteiger partial charge in [0.15, 0.2) is 5.69 Å². The fraction of sp³-hybridized carbons (Fsp3) is 0.273. The summed E-state index contributed by atoms with van der Waals surface area (Å²) < 4.78 is 1.70. The van der Waals surface area contributed by atoms with Gasteiger partial charge in [-0.2, -0.15) is 5.10 Å². The molecule has 1 atom stereocenters. The molecule has 1 amide bonds. The summed E-state index contributed by atoms with van der Waals surface area (Å²) in [5.41, 5.74) is 3.45. The molecule has 0 spiro atoms. The van der Waals surface area contributed by atoms with Crippen LogP contribution < -0.4 is 10.6 Å². The number of halogens is 3. The van der Waals surface area contributed by atoms with Gasteiger partial charge in [-0.1, -0.05) is 46.9 Å². The predicted molar refractivity (Wildman–Crippen MR) is 122 cm³/mol. The number of nitrogens with one attached hydrogen (secondary N) is 2. The summed E-state index contributed by atoms with van der Waals surface area (Å²) in [7, 11) is 0. The van der Waals surface area contributed by atoms with Gasteiger partial charge in [-0.25, -0.2) is 4.68 Å². The molecule has 30 heavy (non-hydrogen) atoms. The molecule has 1 aliphatic rings. The van der Waals surface area contributed by atoms with E-state index in [0.717, 1.165) is 42.8 Å². The molecule has 1 saturated heterocycles. The highest BCUT2D eigenvalue weighted by molar-refractivity contribution is 6.35. The summed E-state index contributed by atoms with van der Waals surface area (Å²) in [6, 6.07) is 12.7. The lowest BCUT2D eigenvalue weighted by Crippen LogP contribution is -2.45. The third kappa shape index (κ3) is 4.35. The molecule has 156 valence electrons. The number of aromatic nitrogens is 2. The second-order valence-electron chi connectivity index (χ2n) is 7.35. The van der Waals surface area contributed by atoms with Crippen molar-refractivity contribution in [3.63, 3.8) is 0 Å². The van der Waals surface area contributed by atoms with E-state index in [1.807, 2.05) is 31.2 Å². The van der Waals surface area contributed by atoms with E-state index >= 15 is 0 Å². The van der Waals surface area contributed by atoms with Crippen LogP contribution in [0.4, 0.5) is 0 Å². The lowest BCUT2D eigenvalue weighted by atomic mass is 10.0. The number of carbonyl (C=O) groups is 1. The molecule has 0 aliphatic carbocycles. The number of rotatable bonds is 4. The van der Waals surface area contributed by atoms with Gasteiger partial charge in [0.2, 0.25) is 0 Å². The molecule has 0 saturated carbocycles. The van der Waals surface area contributed by atoms with Gasteiger partial charge in [0, 0.05) is 33.8 Å². The van der Waals surface area contributed by atoms with Crippen LogP contribution in [0, 0.1) is 6.92 Å². The summed E-state index contributed by atoms with van der Waals surface area (Å²) in [6.07, 6.45) is 1.99. The molecule has 1 aliphatic heterocycles. The SMILES string of the molecule is Cc1c(C(=O)N[C@@H]2CCCNC2)nn(-c2ccc(Cl)cc2Cl)c1-c1ccc(Cl)cc1. The lowest BCUT2D eigenvalue weighted by molar-refractivity contribution is 0.0924. The zero-order valence-corrected chi connectivity index (χ0v) is 18.7. The Hall–Kier alpha value is -2.05. The van der Waals surface area contributed by atoms with E-state index in [0.29, 0.717) is 26.4 Å². The average molecular weight is 464 g/mol. The summed E-state index contributed by atoms with van der Waals surface area (Å²) in [6.45, 7) is 3.64. The number of nitrogens with zero attached hydrogens (tertiary/aromatic N) is 2. The number of amides is 1. The fourth-order valence-corrected chi connectivity index (χ4v) is 4.33. The highest BCUT2D eigenvalue weighted by Gasteiger charge is 2.25. The quantitative estimate of drug-likeness (QED) is 0.553. The van der Waals surface area contributed by atoms with Crippen molar-refractivity contribution < 1.29 is 4.79 Å². The number of hydrogen-bond acceptors (Lipinski definition) is 3. The van der Waals surface area contributed by atoms with Crippen molar-refractivity contribution in [2.75, 3.05) is 13.1 Å². The third-order valence-electron chi connectivity index (χ3n) is 5.22. The van der Waals surface area contributed by atoms with E-state index in [2.05, 4.69) is 15.7 Å². The smallest absolute Gasteiger partial charge is 0.272 e. The molecular formula is C22H21Cl3N4O. The summed E-state index contributed by atoms with van der Waals surface area (Å²) in [5.74, 6) is -0.194. The summed E-state index contributed by atoms with van der Waals surface area (Å²) in [4.78, 5) is 13.1. The monoisotopic (exact) mass is 462 g/mol. The first-order valence-electron chi connectivity index (χ1n) is 9.76. The van der Waals surface area contributed by atoms with Gasteiger partial charge in [0.1, 0.15) is 0 Å². The van der Waals surface area contributed by atoms with Crippen molar-refractivity contribution in [3.05, 3.63) is 68.8 Å². The second-order valence-corrected chi connectivity index (χ2v) is 8.63. The van der Waals surface area contributed by atoms with E-state index in [4.69, 9.17) is 34.8 Å². The van der Waals surface area contributed by atoms with Crippen LogP contribution in [0.1, 0.15) is 28.9 Å². The molecule has 0 unspecified atom stereocenters. The van der Waals surface area contributed by atoms with E-state index in [1.54, 1.807) is 22.9 Å². The topological polar surface area (TPSA) is 59.0 Å². The Bertz CT molecular complexity index is 1070. The highest BCUT2D eigenvalue weighted by atomic mass is 35.5. The molecule has 0 radical (unpaired) electrons. The first kappa shape index (κ1) is 21.2. The molecule has 1 fully saturated rings. The van der Waals surface area contributed by atoms with E-state index in [1.165, 1.54) is 0 Å². The normalized spacial score (nSPS) is 16.5. The number of benzene rings is 2. The molecule has 3 aromatic rings. The fourth-order valence-electron chi connectivity index (χ4n) is 3.71. The van der Waals surface area contributed by atoms with Crippen LogP contribution in [0.15, 0.2) is 42.5 Å². The van der Waals surface area contributed by atoms with Crippen LogP contribution in [0.5, 0.6) is 0 Å². The van der Waals surface area contributed by atoms with Crippen molar-refractivity contribution in [1.29, 1.82) is 0 Å². The van der Waals surface area contributed by atoms with Gasteiger partial charge >= 0.3 is 0 Å². The molecule has 2 N–H and O–H groups in total. The minimum Gasteiger partial charge on any atom is -0.347 e. The van der Waals surface area contributed by atoms with Gasteiger partial charge in [0.25, 0.3) is 5.91 Å². The first-order valence-corrected chi connectivity index (χ1v) is 10.9. The number of carbonyl (C=O) groups excluding carboxylic acids is 1. The van der Waals surface area contributed by atoms with Gasteiger partial charge in [-0.3, -0.25) is 4.79 Å². The maximum Gasteiger partial charge on any atom is 0.272 e. The molecule has 0 bridgehead atoms. The van der Waals surface area contributed by atoms with E-state index in [9.17, 15) is 4.79 Å². The number of hydrogen-bond donors (Lipinski definition) is 2. The standard InChI is InChI=1S/C22H21Cl3N4O/c1-13-20(22(30)27-17-3-2-10-26-12-17)28-29(19-9-8-16(24)11-18(19)25)21(13)14-4-6-15(23)7-5-14/h4-9,11,17,26H,2-3,10,12H2,1H3,(H,27,30)/t17-/m1/s1. The molecule has 2 heterocycles. The van der Waals surface area contributed by atoms with Crippen LogP contribution in [-0.4, -0.2) is 34.8 Å². The van der Waals surface area contributed by atoms with Crippen LogP contribution in [0.2, 0.25) is 15.1 Å². The Labute approximate surface area is 190 Å². The van der Waals surface area contributed by atoms with Gasteiger partial charge in [-0.15, -0.1) is 0 Å². The number of piperidine rings is 1. The van der Waals surface area contributed by atoms with Crippen molar-refractivity contribution >= 4 is 40.7 Å². The molecular weight excluding hydrogens is 443 g/mol. The molecule has 2 aromatic carbocycles. The molecule has 5 nitrogen and oxygen atoms in total. The minimum absolute atomic E-state index is 0.0916. The second kappa shape index (κ2) is 8.98. The predicted octanol–water partition coefficient (Wildman–Crippen LogP) is 5.29. The Morgan fingerprint density at radius 2 is 1.87 bits per heavy atom. The zero-order chi connectivity index (χ0) is 21.3. The van der Waals surface area contributed by atoms with E-state index in [-0.39, 0.29) is 11.9 Å². The molecule has 4 rings (SSSR count). The van der Waals surface area contributed by atoms with Crippen molar-refractivity contribution in [3.8, 4) is 16.9 Å². The Morgan fingerprint density at radius 3 is 2.53 bits per heavy atom. The zero-order valence-electron chi connectivity index (χ0n) is 16.4. The van der Waals surface area contributed by atoms with Crippen LogP contribution in [0.3, 0.4) is 0 Å². The maximum atomic E-state index is 13.1. The van der Waals surface area contributed by atoms with Gasteiger partial charge < -0.3 is 10.6 Å². The largest absolute Gasteiger partial charge is 0.347 e. The van der Waals surface area contributed by atoms with Crippen molar-refractivity contribution in [2.45, 2.75) is 25.8 Å². The summed E-state index contributed by atoms with van der Waals surface area (Å²) in [5, 5.41) is 12.7. The van der Waals surface area contributed by atoms with E-state index < -0.39 is 0 Å². The lowest BCUT2D eigenvalue weighted by Gasteiger charge is -2.23. The third-order valence-corrected chi connectivity index (χ3v) is 6.01. The van der Waals surface area contributed by atoms with Crippen molar-refractivity contribution in [2.24, 2.45) is 0 Å².